The topological polar surface area (TPSA) is 119 Å². The molecule has 168 valence electrons. The molecule has 33 heavy (non-hydrogen) atoms. The molecule has 0 radical (unpaired) electrons. The molecule has 1 heterocycles. The third kappa shape index (κ3) is 5.33. The van der Waals surface area contributed by atoms with Gasteiger partial charge in [-0.05, 0) is 34.4 Å². The average Bonchev–Trinajstić information content (AvgIpc) is 3.20. The predicted molar refractivity (Wildman–Crippen MR) is 122 cm³/mol. The van der Waals surface area contributed by atoms with E-state index in [1.165, 1.54) is 16.7 Å². The summed E-state index contributed by atoms with van der Waals surface area (Å²) in [5.74, 6) is -0.619. The lowest BCUT2D eigenvalue weighted by Gasteiger charge is -2.14. The molecule has 0 aliphatic carbocycles. The van der Waals surface area contributed by atoms with E-state index < -0.39 is 27.1 Å². The van der Waals surface area contributed by atoms with Crippen LogP contribution in [0.2, 0.25) is 5.02 Å². The van der Waals surface area contributed by atoms with E-state index in [2.05, 4.69) is 10.2 Å². The fourth-order valence-electron chi connectivity index (χ4n) is 3.81. The fourth-order valence-corrected chi connectivity index (χ4v) is 3.94. The Morgan fingerprint density at radius 2 is 1.48 bits per heavy atom. The van der Waals surface area contributed by atoms with Crippen molar-refractivity contribution in [2.45, 2.75) is 26.2 Å². The normalized spacial score (nSPS) is 12.9. The number of nitrogens with one attached hydrogen (secondary N) is 1. The fraction of sp³-hybridized carbons (Fsp3) is 0.174. The Morgan fingerprint density at radius 1 is 0.879 bits per heavy atom. The smallest absolute Gasteiger partial charge is 0.277 e. The van der Waals surface area contributed by atoms with Crippen LogP contribution in [0, 0.1) is 20.2 Å². The summed E-state index contributed by atoms with van der Waals surface area (Å²) in [4.78, 5) is 35.4. The number of rotatable bonds is 7. The first-order valence-electron chi connectivity index (χ1n) is 10.1. The van der Waals surface area contributed by atoms with Crippen molar-refractivity contribution in [3.63, 3.8) is 0 Å². The SMILES string of the molecule is O=C(NCc1ccc2c(c1)CN(Cc1ccc(Cl)cc1)C2)c1cc([N+](=O)[O-])cc([N+](=O)[O-])c1. The highest BCUT2D eigenvalue weighted by molar-refractivity contribution is 6.30. The highest BCUT2D eigenvalue weighted by atomic mass is 35.5. The van der Waals surface area contributed by atoms with Crippen molar-refractivity contribution in [1.82, 2.24) is 10.2 Å². The maximum Gasteiger partial charge on any atom is 0.277 e. The molecule has 10 heteroatoms. The first kappa shape index (κ1) is 22.4. The highest BCUT2D eigenvalue weighted by Gasteiger charge is 2.21. The molecule has 9 nitrogen and oxygen atoms in total. The van der Waals surface area contributed by atoms with Crippen LogP contribution in [0.4, 0.5) is 11.4 Å². The zero-order valence-electron chi connectivity index (χ0n) is 17.4. The van der Waals surface area contributed by atoms with Crippen LogP contribution >= 0.6 is 11.6 Å². The highest BCUT2D eigenvalue weighted by Crippen LogP contribution is 2.26. The van der Waals surface area contributed by atoms with Crippen molar-refractivity contribution in [3.8, 4) is 0 Å². The summed E-state index contributed by atoms with van der Waals surface area (Å²) in [6.07, 6.45) is 0. The summed E-state index contributed by atoms with van der Waals surface area (Å²) in [6.45, 7) is 2.59. The molecule has 3 aromatic rings. The van der Waals surface area contributed by atoms with E-state index in [1.54, 1.807) is 0 Å². The molecule has 1 N–H and O–H groups in total. The predicted octanol–water partition coefficient (Wildman–Crippen LogP) is 4.60. The number of hydrogen-bond acceptors (Lipinski definition) is 6. The molecule has 0 fully saturated rings. The van der Waals surface area contributed by atoms with Gasteiger partial charge in [0.25, 0.3) is 17.3 Å². The molecule has 0 saturated carbocycles. The Hall–Kier alpha value is -3.82. The van der Waals surface area contributed by atoms with Crippen LogP contribution in [0.3, 0.4) is 0 Å². The second kappa shape index (κ2) is 9.35. The zero-order valence-corrected chi connectivity index (χ0v) is 18.1. The molecule has 0 atom stereocenters. The van der Waals surface area contributed by atoms with Gasteiger partial charge in [-0.2, -0.15) is 0 Å². The van der Waals surface area contributed by atoms with Gasteiger partial charge in [-0.25, -0.2) is 0 Å². The molecule has 1 aliphatic rings. The number of carbonyl (C=O) groups excluding carboxylic acids is 1. The van der Waals surface area contributed by atoms with Gasteiger partial charge in [0, 0.05) is 43.3 Å². The second-order valence-electron chi connectivity index (χ2n) is 7.81. The van der Waals surface area contributed by atoms with E-state index in [-0.39, 0.29) is 12.1 Å². The van der Waals surface area contributed by atoms with Crippen LogP contribution < -0.4 is 5.32 Å². The van der Waals surface area contributed by atoms with Gasteiger partial charge in [0.2, 0.25) is 0 Å². The van der Waals surface area contributed by atoms with Crippen LogP contribution in [0.15, 0.2) is 60.7 Å². The molecule has 0 bridgehead atoms. The van der Waals surface area contributed by atoms with E-state index in [9.17, 15) is 25.0 Å². The van der Waals surface area contributed by atoms with E-state index in [0.29, 0.717) is 5.02 Å². The largest absolute Gasteiger partial charge is 0.348 e. The van der Waals surface area contributed by atoms with Crippen molar-refractivity contribution in [1.29, 1.82) is 0 Å². The van der Waals surface area contributed by atoms with Crippen LogP contribution in [0.25, 0.3) is 0 Å². The van der Waals surface area contributed by atoms with Crippen LogP contribution in [0.5, 0.6) is 0 Å². The Kier molecular flexibility index (Phi) is 6.34. The van der Waals surface area contributed by atoms with Gasteiger partial charge >= 0.3 is 0 Å². The Bertz CT molecular complexity index is 1210. The Labute approximate surface area is 193 Å². The first-order valence-corrected chi connectivity index (χ1v) is 10.5. The number of nitro benzene ring substituents is 2. The number of carbonyl (C=O) groups is 1. The van der Waals surface area contributed by atoms with Crippen molar-refractivity contribution in [2.75, 3.05) is 0 Å². The standard InChI is InChI=1S/C23H19ClN4O5/c24-20-5-2-15(3-6-20)12-26-13-17-4-1-16(7-19(17)14-26)11-25-23(29)18-8-21(27(30)31)10-22(9-18)28(32)33/h1-10H,11-14H2,(H,25,29). The number of nitro groups is 2. The van der Waals surface area contributed by atoms with Crippen LogP contribution in [0.1, 0.15) is 32.6 Å². The lowest BCUT2D eigenvalue weighted by molar-refractivity contribution is -0.394. The Morgan fingerprint density at radius 3 is 2.12 bits per heavy atom. The maximum absolute atomic E-state index is 12.5. The number of hydrogen-bond donors (Lipinski definition) is 1. The molecule has 3 aromatic carbocycles. The second-order valence-corrected chi connectivity index (χ2v) is 8.25. The van der Waals surface area contributed by atoms with Gasteiger partial charge in [0.15, 0.2) is 0 Å². The lowest BCUT2D eigenvalue weighted by Crippen LogP contribution is -2.23. The summed E-state index contributed by atoms with van der Waals surface area (Å²) in [7, 11) is 0. The third-order valence-corrected chi connectivity index (χ3v) is 5.67. The van der Waals surface area contributed by atoms with Gasteiger partial charge in [-0.15, -0.1) is 0 Å². The van der Waals surface area contributed by atoms with Crippen molar-refractivity contribution in [3.05, 3.63) is 114 Å². The summed E-state index contributed by atoms with van der Waals surface area (Å²) in [5.41, 5.74) is 3.28. The summed E-state index contributed by atoms with van der Waals surface area (Å²) >= 11 is 5.95. The van der Waals surface area contributed by atoms with E-state index in [4.69, 9.17) is 11.6 Å². The van der Waals surface area contributed by atoms with Crippen LogP contribution in [-0.4, -0.2) is 20.7 Å². The molecular weight excluding hydrogens is 448 g/mol. The van der Waals surface area contributed by atoms with E-state index in [0.717, 1.165) is 43.4 Å². The molecule has 4 rings (SSSR count). The maximum atomic E-state index is 12.5. The minimum absolute atomic E-state index is 0.133. The molecule has 0 saturated heterocycles. The molecular formula is C23H19ClN4O5. The summed E-state index contributed by atoms with van der Waals surface area (Å²) in [5, 5.41) is 25.5. The number of fused-ring (bicyclic) bond motifs is 1. The van der Waals surface area contributed by atoms with Crippen LogP contribution in [-0.2, 0) is 26.2 Å². The summed E-state index contributed by atoms with van der Waals surface area (Å²) < 4.78 is 0. The van der Waals surface area contributed by atoms with E-state index >= 15 is 0 Å². The number of benzene rings is 3. The van der Waals surface area contributed by atoms with Crippen molar-refractivity contribution >= 4 is 28.9 Å². The summed E-state index contributed by atoms with van der Waals surface area (Å²) in [6, 6.07) is 16.6. The third-order valence-electron chi connectivity index (χ3n) is 5.42. The molecule has 0 spiro atoms. The Balaban J connectivity index is 1.41. The number of amides is 1. The van der Waals surface area contributed by atoms with Gasteiger partial charge in [-0.3, -0.25) is 29.9 Å². The molecule has 0 aromatic heterocycles. The zero-order chi connectivity index (χ0) is 23.5. The average molecular weight is 467 g/mol. The lowest BCUT2D eigenvalue weighted by atomic mass is 10.1. The first-order chi connectivity index (χ1) is 15.8. The number of nitrogens with zero attached hydrogens (tertiary/aromatic N) is 3. The van der Waals surface area contributed by atoms with Gasteiger partial charge < -0.3 is 5.32 Å². The van der Waals surface area contributed by atoms with Crippen molar-refractivity contribution < 1.29 is 14.6 Å². The minimum atomic E-state index is -0.764. The van der Waals surface area contributed by atoms with Gasteiger partial charge in [0.1, 0.15) is 0 Å². The monoisotopic (exact) mass is 466 g/mol. The number of halogens is 1. The molecule has 1 amide bonds. The van der Waals surface area contributed by atoms with Gasteiger partial charge in [0.05, 0.1) is 21.5 Å². The van der Waals surface area contributed by atoms with E-state index in [1.807, 2.05) is 42.5 Å². The number of non-ortho nitro benzene ring substituents is 2. The molecule has 1 aliphatic heterocycles. The molecule has 0 unspecified atom stereocenters. The quantitative estimate of drug-likeness (QED) is 0.401. The van der Waals surface area contributed by atoms with Crippen molar-refractivity contribution in [2.24, 2.45) is 0 Å². The van der Waals surface area contributed by atoms with Gasteiger partial charge in [-0.1, -0.05) is 41.9 Å². The minimum Gasteiger partial charge on any atom is -0.348 e.